The number of piperidine rings is 1. The van der Waals surface area contributed by atoms with Crippen LogP contribution in [-0.2, 0) is 0 Å². The maximum absolute atomic E-state index is 12.9. The van der Waals surface area contributed by atoms with Crippen molar-refractivity contribution in [2.45, 2.75) is 38.1 Å². The molecule has 3 aliphatic rings. The van der Waals surface area contributed by atoms with Crippen molar-refractivity contribution < 1.29 is 4.79 Å². The highest BCUT2D eigenvalue weighted by atomic mass is 16.2. The lowest BCUT2D eigenvalue weighted by Crippen LogP contribution is -2.48. The van der Waals surface area contributed by atoms with Crippen LogP contribution in [-0.4, -0.2) is 98.6 Å². The number of carbonyl (C=O) groups excluding carboxylic acids is 1. The van der Waals surface area contributed by atoms with E-state index in [0.29, 0.717) is 12.0 Å². The average Bonchev–Trinajstić information content (AvgIpc) is 3.43. The Bertz CT molecular complexity index is 949. The molecular formula is C30H43N5O. The molecule has 1 N–H and O–H groups in total. The van der Waals surface area contributed by atoms with E-state index in [2.05, 4.69) is 69.4 Å². The molecule has 0 spiro atoms. The molecular weight excluding hydrogens is 446 g/mol. The van der Waals surface area contributed by atoms with Gasteiger partial charge in [-0.1, -0.05) is 37.3 Å². The van der Waals surface area contributed by atoms with Gasteiger partial charge in [0.1, 0.15) is 0 Å². The van der Waals surface area contributed by atoms with Crippen LogP contribution in [0, 0.1) is 0 Å². The van der Waals surface area contributed by atoms with Gasteiger partial charge < -0.3 is 24.9 Å². The second-order valence-corrected chi connectivity index (χ2v) is 10.7. The standard InChI is InChI=1S/C30H43N5O/c1-2-32-20-22-35(23-21-32)30(36)26-8-10-29(11-9-26)34-17-13-28(14-18-34)31-15-19-33-16-12-27(24-33)25-6-4-3-5-7-25/h3-11,27-28,31H,2,12-24H2,1H3. The van der Waals surface area contributed by atoms with Gasteiger partial charge in [-0.3, -0.25) is 4.79 Å². The van der Waals surface area contributed by atoms with Gasteiger partial charge >= 0.3 is 0 Å². The van der Waals surface area contributed by atoms with Crippen LogP contribution in [0.15, 0.2) is 54.6 Å². The predicted octanol–water partition coefficient (Wildman–Crippen LogP) is 3.51. The molecule has 0 aliphatic carbocycles. The smallest absolute Gasteiger partial charge is 0.253 e. The second-order valence-electron chi connectivity index (χ2n) is 10.7. The number of hydrogen-bond donors (Lipinski definition) is 1. The summed E-state index contributed by atoms with van der Waals surface area (Å²) in [6.45, 7) is 13.7. The van der Waals surface area contributed by atoms with E-state index in [1.165, 1.54) is 43.6 Å². The molecule has 0 bridgehead atoms. The Hall–Kier alpha value is -2.41. The van der Waals surface area contributed by atoms with Gasteiger partial charge in [-0.15, -0.1) is 0 Å². The number of piperazine rings is 1. The lowest BCUT2D eigenvalue weighted by atomic mass is 9.99. The molecule has 2 aromatic rings. The zero-order valence-corrected chi connectivity index (χ0v) is 21.9. The minimum absolute atomic E-state index is 0.174. The first-order valence-corrected chi connectivity index (χ1v) is 14.1. The molecule has 194 valence electrons. The zero-order valence-electron chi connectivity index (χ0n) is 21.9. The summed E-state index contributed by atoms with van der Waals surface area (Å²) < 4.78 is 0. The maximum Gasteiger partial charge on any atom is 0.253 e. The number of rotatable bonds is 8. The van der Waals surface area contributed by atoms with Gasteiger partial charge in [0.15, 0.2) is 0 Å². The van der Waals surface area contributed by atoms with Crippen LogP contribution >= 0.6 is 0 Å². The van der Waals surface area contributed by atoms with Gasteiger partial charge in [-0.05, 0) is 68.1 Å². The van der Waals surface area contributed by atoms with E-state index < -0.39 is 0 Å². The van der Waals surface area contributed by atoms with Gasteiger partial charge in [0.05, 0.1) is 0 Å². The van der Waals surface area contributed by atoms with Crippen LogP contribution in [0.2, 0.25) is 0 Å². The van der Waals surface area contributed by atoms with E-state index in [0.717, 1.165) is 64.5 Å². The number of nitrogens with one attached hydrogen (secondary N) is 1. The lowest BCUT2D eigenvalue weighted by Gasteiger charge is -2.35. The van der Waals surface area contributed by atoms with E-state index in [-0.39, 0.29) is 5.91 Å². The fraction of sp³-hybridized carbons (Fsp3) is 0.567. The van der Waals surface area contributed by atoms with Gasteiger partial charge in [-0.2, -0.15) is 0 Å². The van der Waals surface area contributed by atoms with Crippen molar-refractivity contribution in [1.29, 1.82) is 0 Å². The minimum atomic E-state index is 0.174. The summed E-state index contributed by atoms with van der Waals surface area (Å²) in [5, 5.41) is 3.82. The molecule has 1 atom stereocenters. The molecule has 0 saturated carbocycles. The first kappa shape index (κ1) is 25.2. The normalized spacial score (nSPS) is 22.3. The van der Waals surface area contributed by atoms with Gasteiger partial charge in [-0.25, -0.2) is 0 Å². The highest BCUT2D eigenvalue weighted by molar-refractivity contribution is 5.94. The molecule has 3 aliphatic heterocycles. The first-order chi connectivity index (χ1) is 17.7. The summed E-state index contributed by atoms with van der Waals surface area (Å²) in [6.07, 6.45) is 3.63. The van der Waals surface area contributed by atoms with Crippen LogP contribution in [0.3, 0.4) is 0 Å². The highest BCUT2D eigenvalue weighted by Crippen LogP contribution is 2.26. The summed E-state index contributed by atoms with van der Waals surface area (Å²) in [5.41, 5.74) is 3.55. The highest BCUT2D eigenvalue weighted by Gasteiger charge is 2.25. The first-order valence-electron chi connectivity index (χ1n) is 14.1. The zero-order chi connectivity index (χ0) is 24.7. The summed E-state index contributed by atoms with van der Waals surface area (Å²) in [5.74, 6) is 0.871. The fourth-order valence-electron chi connectivity index (χ4n) is 6.07. The maximum atomic E-state index is 12.9. The van der Waals surface area contributed by atoms with Crippen molar-refractivity contribution in [2.75, 3.05) is 76.9 Å². The Balaban J connectivity index is 1.01. The molecule has 1 amide bonds. The number of likely N-dealkylation sites (N-methyl/N-ethyl adjacent to an activating group) is 1. The fourth-order valence-corrected chi connectivity index (χ4v) is 6.07. The number of amides is 1. The third-order valence-corrected chi connectivity index (χ3v) is 8.49. The largest absolute Gasteiger partial charge is 0.371 e. The Morgan fingerprint density at radius 2 is 1.56 bits per heavy atom. The van der Waals surface area contributed by atoms with E-state index in [1.54, 1.807) is 0 Å². The van der Waals surface area contributed by atoms with Crippen LogP contribution in [0.1, 0.15) is 48.0 Å². The molecule has 0 radical (unpaired) electrons. The topological polar surface area (TPSA) is 42.1 Å². The monoisotopic (exact) mass is 489 g/mol. The number of hydrogen-bond acceptors (Lipinski definition) is 5. The van der Waals surface area contributed by atoms with E-state index in [4.69, 9.17) is 0 Å². The van der Waals surface area contributed by atoms with Crippen LogP contribution in [0.4, 0.5) is 5.69 Å². The lowest BCUT2D eigenvalue weighted by molar-refractivity contribution is 0.0643. The SMILES string of the molecule is CCN1CCN(C(=O)c2ccc(N3CCC(NCCN4CCC(c5ccccc5)C4)CC3)cc2)CC1. The molecule has 5 rings (SSSR count). The Morgan fingerprint density at radius 3 is 2.25 bits per heavy atom. The molecule has 3 saturated heterocycles. The molecule has 1 unspecified atom stereocenters. The summed E-state index contributed by atoms with van der Waals surface area (Å²) in [4.78, 5) is 22.4. The number of likely N-dealkylation sites (tertiary alicyclic amines) is 1. The molecule has 6 heteroatoms. The third-order valence-electron chi connectivity index (χ3n) is 8.49. The molecule has 0 aromatic heterocycles. The number of anilines is 1. The summed E-state index contributed by atoms with van der Waals surface area (Å²) in [6, 6.07) is 19.9. The van der Waals surface area contributed by atoms with Gasteiger partial charge in [0.25, 0.3) is 5.91 Å². The van der Waals surface area contributed by atoms with E-state index in [1.807, 2.05) is 17.0 Å². The Morgan fingerprint density at radius 1 is 0.833 bits per heavy atom. The van der Waals surface area contributed by atoms with Crippen molar-refractivity contribution in [2.24, 2.45) is 0 Å². The summed E-state index contributed by atoms with van der Waals surface area (Å²) in [7, 11) is 0. The molecule has 2 aromatic carbocycles. The van der Waals surface area contributed by atoms with Crippen LogP contribution in [0.5, 0.6) is 0 Å². The minimum Gasteiger partial charge on any atom is -0.371 e. The third kappa shape index (κ3) is 6.28. The van der Waals surface area contributed by atoms with Crippen LogP contribution < -0.4 is 10.2 Å². The second kappa shape index (κ2) is 12.2. The number of carbonyl (C=O) groups is 1. The van der Waals surface area contributed by atoms with E-state index >= 15 is 0 Å². The van der Waals surface area contributed by atoms with Crippen molar-refractivity contribution in [3.8, 4) is 0 Å². The molecule has 6 nitrogen and oxygen atoms in total. The van der Waals surface area contributed by atoms with Gasteiger partial charge in [0, 0.05) is 76.2 Å². The summed E-state index contributed by atoms with van der Waals surface area (Å²) >= 11 is 0. The van der Waals surface area contributed by atoms with Gasteiger partial charge in [0.2, 0.25) is 0 Å². The number of nitrogens with zero attached hydrogens (tertiary/aromatic N) is 4. The van der Waals surface area contributed by atoms with E-state index in [9.17, 15) is 4.79 Å². The van der Waals surface area contributed by atoms with Crippen molar-refractivity contribution in [3.05, 3.63) is 65.7 Å². The Kier molecular flexibility index (Phi) is 8.57. The van der Waals surface area contributed by atoms with Crippen molar-refractivity contribution in [1.82, 2.24) is 20.0 Å². The molecule has 3 heterocycles. The van der Waals surface area contributed by atoms with Crippen molar-refractivity contribution in [3.63, 3.8) is 0 Å². The van der Waals surface area contributed by atoms with Crippen LogP contribution in [0.25, 0.3) is 0 Å². The number of benzene rings is 2. The molecule has 3 fully saturated rings. The predicted molar refractivity (Wildman–Crippen MR) is 148 cm³/mol. The Labute approximate surface area is 217 Å². The quantitative estimate of drug-likeness (QED) is 0.615. The average molecular weight is 490 g/mol. The molecule has 36 heavy (non-hydrogen) atoms. The van der Waals surface area contributed by atoms with Crippen molar-refractivity contribution >= 4 is 11.6 Å².